The van der Waals surface area contributed by atoms with Crippen LogP contribution >= 0.6 is 11.6 Å². The van der Waals surface area contributed by atoms with E-state index in [2.05, 4.69) is 18.7 Å². The van der Waals surface area contributed by atoms with E-state index >= 15 is 0 Å². The molecule has 1 saturated heterocycles. The maximum Gasteiger partial charge on any atom is 0.119 e. The minimum Gasteiger partial charge on any atom is -0.494 e. The van der Waals surface area contributed by atoms with Crippen LogP contribution in [0.1, 0.15) is 26.7 Å². The summed E-state index contributed by atoms with van der Waals surface area (Å²) in [5, 5.41) is 0.743. The fourth-order valence-corrected chi connectivity index (χ4v) is 2.75. The Morgan fingerprint density at radius 2 is 1.80 bits per heavy atom. The molecule has 0 amide bonds. The minimum absolute atomic E-state index is 0.351. The summed E-state index contributed by atoms with van der Waals surface area (Å²) in [7, 11) is 0. The SMILES string of the molecule is C[C@@H]1CN(CCCCOc2ccc(Cl)cc2)C[C@H](C)O1. The van der Waals surface area contributed by atoms with Gasteiger partial charge in [0.2, 0.25) is 0 Å². The second-order valence-electron chi connectivity index (χ2n) is 5.53. The minimum atomic E-state index is 0.351. The van der Waals surface area contributed by atoms with Gasteiger partial charge in [0.05, 0.1) is 18.8 Å². The van der Waals surface area contributed by atoms with Gasteiger partial charge in [0.15, 0.2) is 0 Å². The molecule has 4 heteroatoms. The van der Waals surface area contributed by atoms with E-state index < -0.39 is 0 Å². The predicted octanol–water partition coefficient (Wildman–Crippen LogP) is 3.61. The van der Waals surface area contributed by atoms with Gasteiger partial charge < -0.3 is 9.47 Å². The quantitative estimate of drug-likeness (QED) is 0.749. The summed E-state index contributed by atoms with van der Waals surface area (Å²) in [6, 6.07) is 7.53. The second kappa shape index (κ2) is 7.87. The summed E-state index contributed by atoms with van der Waals surface area (Å²) in [6.07, 6.45) is 2.93. The molecule has 0 aromatic heterocycles. The molecule has 1 aliphatic rings. The first-order valence-electron chi connectivity index (χ1n) is 7.39. The number of halogens is 1. The van der Waals surface area contributed by atoms with Gasteiger partial charge in [-0.25, -0.2) is 0 Å². The number of hydrogen-bond acceptors (Lipinski definition) is 3. The van der Waals surface area contributed by atoms with E-state index in [-0.39, 0.29) is 0 Å². The normalized spacial score (nSPS) is 23.8. The van der Waals surface area contributed by atoms with Crippen molar-refractivity contribution < 1.29 is 9.47 Å². The zero-order valence-electron chi connectivity index (χ0n) is 12.3. The largest absolute Gasteiger partial charge is 0.494 e. The van der Waals surface area contributed by atoms with Crippen molar-refractivity contribution in [3.63, 3.8) is 0 Å². The summed E-state index contributed by atoms with van der Waals surface area (Å²) in [5.41, 5.74) is 0. The molecule has 112 valence electrons. The van der Waals surface area contributed by atoms with Gasteiger partial charge in [0, 0.05) is 18.1 Å². The summed E-state index contributed by atoms with van der Waals surface area (Å²) in [4.78, 5) is 2.49. The average molecular weight is 298 g/mol. The fraction of sp³-hybridized carbons (Fsp3) is 0.625. The first kappa shape index (κ1) is 15.6. The predicted molar refractivity (Wildman–Crippen MR) is 82.6 cm³/mol. The topological polar surface area (TPSA) is 21.7 Å². The molecule has 1 heterocycles. The van der Waals surface area contributed by atoms with Crippen LogP contribution in [0.2, 0.25) is 5.02 Å². The summed E-state index contributed by atoms with van der Waals surface area (Å²) >= 11 is 5.83. The number of benzene rings is 1. The zero-order chi connectivity index (χ0) is 14.4. The van der Waals surface area contributed by atoms with E-state index in [4.69, 9.17) is 21.1 Å². The van der Waals surface area contributed by atoms with Crippen molar-refractivity contribution in [1.29, 1.82) is 0 Å². The van der Waals surface area contributed by atoms with Crippen LogP contribution in [0.3, 0.4) is 0 Å². The Balaban J connectivity index is 1.58. The van der Waals surface area contributed by atoms with Crippen LogP contribution in [0.4, 0.5) is 0 Å². The van der Waals surface area contributed by atoms with Gasteiger partial charge in [-0.05, 0) is 57.5 Å². The molecule has 1 aliphatic heterocycles. The summed E-state index contributed by atoms with van der Waals surface area (Å²) < 4.78 is 11.4. The maximum absolute atomic E-state index is 5.83. The first-order valence-corrected chi connectivity index (χ1v) is 7.77. The van der Waals surface area contributed by atoms with E-state index in [1.165, 1.54) is 0 Å². The fourth-order valence-electron chi connectivity index (χ4n) is 2.63. The molecular formula is C16H24ClNO2. The number of morpholine rings is 1. The molecule has 0 N–H and O–H groups in total. The monoisotopic (exact) mass is 297 g/mol. The lowest BCUT2D eigenvalue weighted by atomic mass is 10.2. The smallest absolute Gasteiger partial charge is 0.119 e. The van der Waals surface area contributed by atoms with Crippen LogP contribution in [0.5, 0.6) is 5.75 Å². The first-order chi connectivity index (χ1) is 9.63. The zero-order valence-corrected chi connectivity index (χ0v) is 13.1. The van der Waals surface area contributed by atoms with Crippen LogP contribution in [0.25, 0.3) is 0 Å². The molecule has 0 radical (unpaired) electrons. The third-order valence-corrected chi connectivity index (χ3v) is 3.70. The van der Waals surface area contributed by atoms with Gasteiger partial charge in [-0.15, -0.1) is 0 Å². The highest BCUT2D eigenvalue weighted by molar-refractivity contribution is 6.30. The van der Waals surface area contributed by atoms with Crippen LogP contribution in [0.15, 0.2) is 24.3 Å². The molecule has 0 unspecified atom stereocenters. The van der Waals surface area contributed by atoms with E-state index in [0.29, 0.717) is 12.2 Å². The number of hydrogen-bond donors (Lipinski definition) is 0. The van der Waals surface area contributed by atoms with Crippen LogP contribution in [0, 0.1) is 0 Å². The van der Waals surface area contributed by atoms with E-state index in [9.17, 15) is 0 Å². The average Bonchev–Trinajstić information content (AvgIpc) is 2.39. The lowest BCUT2D eigenvalue weighted by molar-refractivity contribution is -0.0682. The molecule has 1 aromatic rings. The number of unbranched alkanes of at least 4 members (excludes halogenated alkanes) is 1. The molecular weight excluding hydrogens is 274 g/mol. The lowest BCUT2D eigenvalue weighted by Crippen LogP contribution is -2.45. The van der Waals surface area contributed by atoms with Crippen molar-refractivity contribution >= 4 is 11.6 Å². The molecule has 0 spiro atoms. The molecule has 2 rings (SSSR count). The van der Waals surface area contributed by atoms with E-state index in [1.54, 1.807) is 0 Å². The lowest BCUT2D eigenvalue weighted by Gasteiger charge is -2.35. The van der Waals surface area contributed by atoms with Gasteiger partial charge >= 0.3 is 0 Å². The van der Waals surface area contributed by atoms with Crippen molar-refractivity contribution in [2.45, 2.75) is 38.9 Å². The maximum atomic E-state index is 5.83. The number of ether oxygens (including phenoxy) is 2. The molecule has 2 atom stereocenters. The molecule has 0 aliphatic carbocycles. The van der Waals surface area contributed by atoms with Crippen LogP contribution in [-0.2, 0) is 4.74 Å². The summed E-state index contributed by atoms with van der Waals surface area (Å²) in [5.74, 6) is 0.892. The van der Waals surface area contributed by atoms with Crippen molar-refractivity contribution in [2.75, 3.05) is 26.2 Å². The Morgan fingerprint density at radius 1 is 1.15 bits per heavy atom. The highest BCUT2D eigenvalue weighted by Gasteiger charge is 2.21. The molecule has 1 fully saturated rings. The number of rotatable bonds is 6. The van der Waals surface area contributed by atoms with Gasteiger partial charge in [-0.2, -0.15) is 0 Å². The van der Waals surface area contributed by atoms with E-state index in [1.807, 2.05) is 24.3 Å². The Kier molecular flexibility index (Phi) is 6.14. The molecule has 0 bridgehead atoms. The summed E-state index contributed by atoms with van der Waals surface area (Å²) in [6.45, 7) is 8.27. The third-order valence-electron chi connectivity index (χ3n) is 3.45. The Labute approximate surface area is 126 Å². The Bertz CT molecular complexity index is 386. The van der Waals surface area contributed by atoms with Gasteiger partial charge in [-0.3, -0.25) is 4.90 Å². The van der Waals surface area contributed by atoms with Crippen molar-refractivity contribution in [2.24, 2.45) is 0 Å². The molecule has 3 nitrogen and oxygen atoms in total. The Hall–Kier alpha value is -0.770. The van der Waals surface area contributed by atoms with Crippen molar-refractivity contribution in [1.82, 2.24) is 4.90 Å². The standard InChI is InChI=1S/C16H24ClNO2/c1-13-11-18(12-14(2)20-13)9-3-4-10-19-16-7-5-15(17)6-8-16/h5-8,13-14H,3-4,9-12H2,1-2H3/t13-,14+. The van der Waals surface area contributed by atoms with Gasteiger partial charge in [0.25, 0.3) is 0 Å². The Morgan fingerprint density at radius 3 is 2.45 bits per heavy atom. The van der Waals surface area contributed by atoms with Crippen molar-refractivity contribution in [3.8, 4) is 5.75 Å². The van der Waals surface area contributed by atoms with E-state index in [0.717, 1.165) is 49.9 Å². The highest BCUT2D eigenvalue weighted by atomic mass is 35.5. The van der Waals surface area contributed by atoms with Crippen LogP contribution in [-0.4, -0.2) is 43.3 Å². The highest BCUT2D eigenvalue weighted by Crippen LogP contribution is 2.16. The van der Waals surface area contributed by atoms with Gasteiger partial charge in [0.1, 0.15) is 5.75 Å². The second-order valence-corrected chi connectivity index (χ2v) is 5.96. The van der Waals surface area contributed by atoms with Crippen molar-refractivity contribution in [3.05, 3.63) is 29.3 Å². The van der Waals surface area contributed by atoms with Gasteiger partial charge in [-0.1, -0.05) is 11.6 Å². The molecule has 20 heavy (non-hydrogen) atoms. The number of nitrogens with zero attached hydrogens (tertiary/aromatic N) is 1. The molecule has 0 saturated carbocycles. The third kappa shape index (κ3) is 5.31. The molecule has 1 aromatic carbocycles. The van der Waals surface area contributed by atoms with Crippen LogP contribution < -0.4 is 4.74 Å².